The van der Waals surface area contributed by atoms with Crippen LogP contribution in [0.2, 0.25) is 0 Å². The molecule has 1 atom stereocenters. The molecule has 0 aromatic rings. The smallest absolute Gasteiger partial charge is 0.303 e. The van der Waals surface area contributed by atoms with Gasteiger partial charge in [0.15, 0.2) is 0 Å². The Labute approximate surface area is 187 Å². The topological polar surface area (TPSA) is 57.5 Å². The molecule has 176 valence electrons. The van der Waals surface area contributed by atoms with E-state index in [2.05, 4.69) is 31.2 Å². The van der Waals surface area contributed by atoms with Crippen LogP contribution in [0, 0.1) is 0 Å². The molecule has 0 aliphatic carbocycles. The first-order chi connectivity index (χ1) is 14.7. The summed E-state index contributed by atoms with van der Waals surface area (Å²) in [5.74, 6) is -0.677. The van der Waals surface area contributed by atoms with Crippen molar-refractivity contribution in [3.8, 4) is 0 Å². The van der Waals surface area contributed by atoms with E-state index in [0.717, 1.165) is 44.9 Å². The summed E-state index contributed by atoms with van der Waals surface area (Å²) in [5, 5.41) is 18.6. The molecular weight excluding hydrogens is 372 g/mol. The normalized spacial score (nSPS) is 12.9. The van der Waals surface area contributed by atoms with E-state index >= 15 is 0 Å². The molecule has 0 spiro atoms. The molecule has 3 nitrogen and oxygen atoms in total. The van der Waals surface area contributed by atoms with Gasteiger partial charge in [-0.05, 0) is 38.5 Å². The summed E-state index contributed by atoms with van der Waals surface area (Å²) in [4.78, 5) is 10.4. The van der Waals surface area contributed by atoms with E-state index in [0.29, 0.717) is 6.42 Å². The number of aliphatic carboxylic acids is 1. The van der Waals surface area contributed by atoms with Crippen molar-refractivity contribution in [3.05, 3.63) is 24.3 Å². The second-order valence-electron chi connectivity index (χ2n) is 8.74. The number of unbranched alkanes of at least 4 members (excludes halogenated alkanes) is 14. The second-order valence-corrected chi connectivity index (χ2v) is 8.74. The number of carboxylic acids is 1. The number of allylic oxidation sites excluding steroid dienone is 3. The molecule has 1 unspecified atom stereocenters. The van der Waals surface area contributed by atoms with Gasteiger partial charge in [0, 0.05) is 6.42 Å². The summed E-state index contributed by atoms with van der Waals surface area (Å²) < 4.78 is 0. The summed E-state index contributed by atoms with van der Waals surface area (Å²) >= 11 is 0. The highest BCUT2D eigenvalue weighted by Gasteiger charge is 2.01. The first kappa shape index (κ1) is 28.9. The minimum Gasteiger partial charge on any atom is -0.481 e. The fourth-order valence-corrected chi connectivity index (χ4v) is 3.70. The van der Waals surface area contributed by atoms with E-state index in [4.69, 9.17) is 5.11 Å². The predicted molar refractivity (Wildman–Crippen MR) is 130 cm³/mol. The van der Waals surface area contributed by atoms with E-state index in [1.165, 1.54) is 77.0 Å². The molecule has 0 saturated carbocycles. The molecule has 0 aliphatic rings. The summed E-state index contributed by atoms with van der Waals surface area (Å²) in [6.45, 7) is 2.26. The van der Waals surface area contributed by atoms with Gasteiger partial charge in [0.2, 0.25) is 0 Å². The van der Waals surface area contributed by atoms with Crippen LogP contribution in [0.1, 0.15) is 135 Å². The van der Waals surface area contributed by atoms with Crippen molar-refractivity contribution >= 4 is 5.97 Å². The number of carboxylic acid groups (broad SMARTS) is 1. The highest BCUT2D eigenvalue weighted by molar-refractivity contribution is 5.66. The molecule has 0 heterocycles. The lowest BCUT2D eigenvalue weighted by Gasteiger charge is -2.07. The molecule has 30 heavy (non-hydrogen) atoms. The Morgan fingerprint density at radius 1 is 0.700 bits per heavy atom. The zero-order valence-electron chi connectivity index (χ0n) is 19.8. The van der Waals surface area contributed by atoms with Gasteiger partial charge in [-0.3, -0.25) is 4.79 Å². The van der Waals surface area contributed by atoms with Crippen molar-refractivity contribution in [3.63, 3.8) is 0 Å². The first-order valence-corrected chi connectivity index (χ1v) is 12.9. The second kappa shape index (κ2) is 24.2. The molecule has 3 heteroatoms. The van der Waals surface area contributed by atoms with E-state index in [9.17, 15) is 9.90 Å². The summed E-state index contributed by atoms with van der Waals surface area (Å²) in [5.41, 5.74) is 0. The van der Waals surface area contributed by atoms with Crippen molar-refractivity contribution in [1.29, 1.82) is 0 Å². The third kappa shape index (κ3) is 24.9. The van der Waals surface area contributed by atoms with E-state index in [-0.39, 0.29) is 6.10 Å². The lowest BCUT2D eigenvalue weighted by Crippen LogP contribution is -2.04. The van der Waals surface area contributed by atoms with Crippen molar-refractivity contribution in [2.45, 2.75) is 141 Å². The SMILES string of the molecule is CCCCCCCCC=CCC=CCC(O)CCCCCCCCCCCC(=O)O. The number of hydrogen-bond acceptors (Lipinski definition) is 2. The van der Waals surface area contributed by atoms with Gasteiger partial charge in [-0.25, -0.2) is 0 Å². The van der Waals surface area contributed by atoms with E-state index in [1.807, 2.05) is 0 Å². The molecule has 0 amide bonds. The molecule has 0 fully saturated rings. The average molecular weight is 423 g/mol. The van der Waals surface area contributed by atoms with Gasteiger partial charge in [0.05, 0.1) is 6.10 Å². The van der Waals surface area contributed by atoms with Crippen LogP contribution in [-0.2, 0) is 4.79 Å². The fraction of sp³-hybridized carbons (Fsp3) is 0.815. The Hall–Kier alpha value is -1.09. The Kier molecular flexibility index (Phi) is 23.3. The average Bonchev–Trinajstić information content (AvgIpc) is 2.72. The van der Waals surface area contributed by atoms with Crippen LogP contribution in [0.5, 0.6) is 0 Å². The van der Waals surface area contributed by atoms with E-state index in [1.54, 1.807) is 0 Å². The van der Waals surface area contributed by atoms with Gasteiger partial charge in [-0.1, -0.05) is 115 Å². The Balaban J connectivity index is 3.32. The molecule has 0 saturated heterocycles. The zero-order valence-corrected chi connectivity index (χ0v) is 19.8. The highest BCUT2D eigenvalue weighted by Crippen LogP contribution is 2.13. The summed E-state index contributed by atoms with van der Waals surface area (Å²) in [7, 11) is 0. The third-order valence-electron chi connectivity index (χ3n) is 5.67. The molecule has 2 N–H and O–H groups in total. The Morgan fingerprint density at radius 2 is 1.23 bits per heavy atom. The quantitative estimate of drug-likeness (QED) is 0.128. The van der Waals surface area contributed by atoms with Crippen LogP contribution >= 0.6 is 0 Å². The maximum atomic E-state index is 10.4. The molecule has 0 rings (SSSR count). The van der Waals surface area contributed by atoms with Gasteiger partial charge >= 0.3 is 5.97 Å². The lowest BCUT2D eigenvalue weighted by molar-refractivity contribution is -0.137. The van der Waals surface area contributed by atoms with Crippen molar-refractivity contribution in [2.24, 2.45) is 0 Å². The zero-order chi connectivity index (χ0) is 22.1. The van der Waals surface area contributed by atoms with Crippen LogP contribution in [0.3, 0.4) is 0 Å². The van der Waals surface area contributed by atoms with Gasteiger partial charge in [0.25, 0.3) is 0 Å². The van der Waals surface area contributed by atoms with Crippen LogP contribution in [0.25, 0.3) is 0 Å². The Bertz CT molecular complexity index is 414. The summed E-state index contributed by atoms with van der Waals surface area (Å²) in [6.07, 6.45) is 31.3. The minimum atomic E-state index is -0.677. The first-order valence-electron chi connectivity index (χ1n) is 12.9. The standard InChI is InChI=1S/C27H50O3/c1-2-3-4-5-6-7-8-9-11-14-17-20-23-26(28)24-21-18-15-12-10-13-16-19-22-25-27(29)30/h9,11,17,20,26,28H,2-8,10,12-16,18-19,21-25H2,1H3,(H,29,30). The minimum absolute atomic E-state index is 0.192. The van der Waals surface area contributed by atoms with Crippen molar-refractivity contribution < 1.29 is 15.0 Å². The van der Waals surface area contributed by atoms with Gasteiger partial charge in [-0.2, -0.15) is 0 Å². The lowest BCUT2D eigenvalue weighted by atomic mass is 10.0. The largest absolute Gasteiger partial charge is 0.481 e. The Morgan fingerprint density at radius 3 is 1.87 bits per heavy atom. The third-order valence-corrected chi connectivity index (χ3v) is 5.67. The molecule has 0 bridgehead atoms. The number of carbonyl (C=O) groups is 1. The molecule has 0 aromatic carbocycles. The van der Waals surface area contributed by atoms with Gasteiger partial charge in [-0.15, -0.1) is 0 Å². The number of aliphatic hydroxyl groups is 1. The maximum Gasteiger partial charge on any atom is 0.303 e. The monoisotopic (exact) mass is 422 g/mol. The number of hydrogen-bond donors (Lipinski definition) is 2. The van der Waals surface area contributed by atoms with Crippen molar-refractivity contribution in [2.75, 3.05) is 0 Å². The molecule has 0 aromatic heterocycles. The van der Waals surface area contributed by atoms with Crippen molar-refractivity contribution in [1.82, 2.24) is 0 Å². The number of aliphatic hydroxyl groups excluding tert-OH is 1. The van der Waals surface area contributed by atoms with E-state index < -0.39 is 5.97 Å². The predicted octanol–water partition coefficient (Wildman–Crippen LogP) is 8.37. The fourth-order valence-electron chi connectivity index (χ4n) is 3.70. The molecule has 0 aliphatic heterocycles. The van der Waals surface area contributed by atoms with Crippen LogP contribution in [-0.4, -0.2) is 22.3 Å². The van der Waals surface area contributed by atoms with Gasteiger partial charge in [0.1, 0.15) is 0 Å². The maximum absolute atomic E-state index is 10.4. The van der Waals surface area contributed by atoms with Crippen LogP contribution < -0.4 is 0 Å². The number of rotatable bonds is 23. The summed E-state index contributed by atoms with van der Waals surface area (Å²) in [6, 6.07) is 0. The van der Waals surface area contributed by atoms with Crippen LogP contribution in [0.15, 0.2) is 24.3 Å². The highest BCUT2D eigenvalue weighted by atomic mass is 16.4. The van der Waals surface area contributed by atoms with Gasteiger partial charge < -0.3 is 10.2 Å². The molecular formula is C27H50O3. The van der Waals surface area contributed by atoms with Crippen LogP contribution in [0.4, 0.5) is 0 Å². The molecule has 0 radical (unpaired) electrons.